The molecule has 0 atom stereocenters. The molecule has 3 aromatic rings. The van der Waals surface area contributed by atoms with Crippen LogP contribution in [-0.2, 0) is 0 Å². The van der Waals surface area contributed by atoms with Crippen LogP contribution < -0.4 is 4.90 Å². The van der Waals surface area contributed by atoms with Crippen molar-refractivity contribution in [1.82, 2.24) is 0 Å². The lowest BCUT2D eigenvalue weighted by Gasteiger charge is -2.13. The molecule has 0 radical (unpaired) electrons. The Kier molecular flexibility index (Phi) is 2.89. The molecule has 0 unspecified atom stereocenters. The zero-order valence-corrected chi connectivity index (χ0v) is 12.5. The Labute approximate surface area is 136 Å². The number of anilines is 1. The van der Waals surface area contributed by atoms with E-state index in [1.165, 1.54) is 6.07 Å². The highest BCUT2D eigenvalue weighted by Gasteiger charge is 2.38. The predicted octanol–water partition coefficient (Wildman–Crippen LogP) is 4.00. The predicted molar refractivity (Wildman–Crippen MR) is 88.2 cm³/mol. The summed E-state index contributed by atoms with van der Waals surface area (Å²) in [5, 5.41) is 11.8. The smallest absolute Gasteiger partial charge is 0.266 e. The molecule has 3 aromatic carbocycles. The molecule has 0 bridgehead atoms. The molecule has 1 heterocycles. The molecule has 0 spiro atoms. The number of nitrogens with zero attached hydrogens (tertiary/aromatic N) is 1. The van der Waals surface area contributed by atoms with Crippen LogP contribution in [0.5, 0.6) is 5.75 Å². The minimum atomic E-state index is -0.451. The fraction of sp³-hybridized carbons (Fsp3) is 0. The molecular weight excluding hydrogens is 314 g/mol. The average molecular weight is 324 g/mol. The minimum Gasteiger partial charge on any atom is -0.507 e. The molecule has 5 heteroatoms. The third kappa shape index (κ3) is 1.92. The maximum atomic E-state index is 12.8. The molecule has 2 amide bonds. The van der Waals surface area contributed by atoms with Crippen LogP contribution >= 0.6 is 11.6 Å². The molecule has 0 saturated heterocycles. The summed E-state index contributed by atoms with van der Waals surface area (Å²) in [7, 11) is 0. The van der Waals surface area contributed by atoms with Crippen LogP contribution in [0.1, 0.15) is 20.7 Å². The molecule has 1 N–H and O–H groups in total. The molecule has 0 aromatic heterocycles. The third-order valence-electron chi connectivity index (χ3n) is 3.96. The first-order valence-electron chi connectivity index (χ1n) is 6.97. The molecule has 0 aliphatic carbocycles. The average Bonchev–Trinajstić information content (AvgIpc) is 2.80. The van der Waals surface area contributed by atoms with E-state index in [9.17, 15) is 14.7 Å². The number of aromatic hydroxyl groups is 1. The maximum absolute atomic E-state index is 12.8. The van der Waals surface area contributed by atoms with Crippen LogP contribution in [0.4, 0.5) is 5.69 Å². The van der Waals surface area contributed by atoms with E-state index >= 15 is 0 Å². The zero-order valence-electron chi connectivity index (χ0n) is 11.8. The number of phenols is 1. The second-order valence-electron chi connectivity index (χ2n) is 5.29. The number of carbonyl (C=O) groups excluding carboxylic acids is 2. The van der Waals surface area contributed by atoms with E-state index in [1.54, 1.807) is 48.5 Å². The summed E-state index contributed by atoms with van der Waals surface area (Å²) in [6.45, 7) is 0. The Hall–Kier alpha value is -2.85. The lowest BCUT2D eigenvalue weighted by atomic mass is 9.99. The van der Waals surface area contributed by atoms with Gasteiger partial charge >= 0.3 is 0 Å². The van der Waals surface area contributed by atoms with Crippen molar-refractivity contribution in [1.29, 1.82) is 0 Å². The molecule has 4 nitrogen and oxygen atoms in total. The molecule has 0 fully saturated rings. The lowest BCUT2D eigenvalue weighted by Crippen LogP contribution is -2.29. The summed E-state index contributed by atoms with van der Waals surface area (Å²) >= 11 is 5.86. The largest absolute Gasteiger partial charge is 0.507 e. The molecule has 1 aliphatic heterocycles. The molecule has 1 aliphatic rings. The van der Waals surface area contributed by atoms with Gasteiger partial charge in [0.15, 0.2) is 0 Å². The maximum Gasteiger partial charge on any atom is 0.266 e. The number of halogens is 1. The van der Waals surface area contributed by atoms with Crippen LogP contribution in [0.15, 0.2) is 54.6 Å². The number of fused-ring (bicyclic) bond motifs is 3. The number of hydrogen-bond donors (Lipinski definition) is 1. The summed E-state index contributed by atoms with van der Waals surface area (Å²) < 4.78 is 0. The number of phenolic OH excluding ortho intramolecular Hbond substituents is 1. The van der Waals surface area contributed by atoms with Crippen molar-refractivity contribution in [3.63, 3.8) is 0 Å². The first-order chi connectivity index (χ1) is 11.1. The first-order valence-corrected chi connectivity index (χ1v) is 7.35. The van der Waals surface area contributed by atoms with Gasteiger partial charge in [-0.1, -0.05) is 35.9 Å². The molecule has 23 heavy (non-hydrogen) atoms. The number of benzene rings is 3. The van der Waals surface area contributed by atoms with E-state index in [0.29, 0.717) is 27.0 Å². The van der Waals surface area contributed by atoms with Gasteiger partial charge in [0.2, 0.25) is 0 Å². The molecule has 4 rings (SSSR count). The first kappa shape index (κ1) is 13.8. The van der Waals surface area contributed by atoms with Crippen LogP contribution in [0.2, 0.25) is 5.02 Å². The number of rotatable bonds is 1. The highest BCUT2D eigenvalue weighted by atomic mass is 35.5. The quantitative estimate of drug-likeness (QED) is 0.689. The second kappa shape index (κ2) is 4.83. The van der Waals surface area contributed by atoms with Crippen LogP contribution in [-0.4, -0.2) is 16.9 Å². The second-order valence-corrected chi connectivity index (χ2v) is 5.72. The van der Waals surface area contributed by atoms with E-state index in [2.05, 4.69) is 0 Å². The van der Waals surface area contributed by atoms with Crippen molar-refractivity contribution in [2.75, 3.05) is 4.90 Å². The van der Waals surface area contributed by atoms with Gasteiger partial charge in [-0.05, 0) is 35.7 Å². The Morgan fingerprint density at radius 1 is 0.870 bits per heavy atom. The van der Waals surface area contributed by atoms with Crippen LogP contribution in [0.25, 0.3) is 10.8 Å². The zero-order chi connectivity index (χ0) is 16.1. The van der Waals surface area contributed by atoms with Gasteiger partial charge < -0.3 is 5.11 Å². The van der Waals surface area contributed by atoms with Crippen molar-refractivity contribution in [2.24, 2.45) is 0 Å². The summed E-state index contributed by atoms with van der Waals surface area (Å²) in [6, 6.07) is 14.8. The SMILES string of the molecule is O=C1c2cc(O)c3ccccc3c2C(=O)N1c1ccc(Cl)cc1. The summed E-state index contributed by atoms with van der Waals surface area (Å²) in [5.74, 6) is -0.865. The molecular formula is C18H10ClNO3. The van der Waals surface area contributed by atoms with Gasteiger partial charge in [-0.25, -0.2) is 4.90 Å². The Morgan fingerprint density at radius 3 is 2.22 bits per heavy atom. The number of amides is 2. The molecule has 112 valence electrons. The van der Waals surface area contributed by atoms with Gasteiger partial charge in [0.05, 0.1) is 16.8 Å². The van der Waals surface area contributed by atoms with Crippen molar-refractivity contribution in [3.8, 4) is 5.75 Å². The van der Waals surface area contributed by atoms with E-state index in [-0.39, 0.29) is 11.3 Å². The van der Waals surface area contributed by atoms with Gasteiger partial charge in [0.25, 0.3) is 11.8 Å². The van der Waals surface area contributed by atoms with Gasteiger partial charge in [0.1, 0.15) is 5.75 Å². The van der Waals surface area contributed by atoms with Crippen LogP contribution in [0, 0.1) is 0 Å². The van der Waals surface area contributed by atoms with E-state index in [4.69, 9.17) is 11.6 Å². The lowest BCUT2D eigenvalue weighted by molar-refractivity contribution is 0.0926. The Bertz CT molecular complexity index is 979. The summed E-state index contributed by atoms with van der Waals surface area (Å²) in [4.78, 5) is 26.6. The third-order valence-corrected chi connectivity index (χ3v) is 4.21. The molecule has 0 saturated carbocycles. The topological polar surface area (TPSA) is 57.6 Å². The summed E-state index contributed by atoms with van der Waals surface area (Å²) in [6.07, 6.45) is 0. The highest BCUT2D eigenvalue weighted by molar-refractivity contribution is 6.38. The standard InChI is InChI=1S/C18H10ClNO3/c19-10-5-7-11(8-6-10)20-17(22)14-9-15(21)12-3-1-2-4-13(12)16(14)18(20)23/h1-9,21H. The van der Waals surface area contributed by atoms with Crippen molar-refractivity contribution in [2.45, 2.75) is 0 Å². The number of hydrogen-bond acceptors (Lipinski definition) is 3. The van der Waals surface area contributed by atoms with Crippen LogP contribution in [0.3, 0.4) is 0 Å². The summed E-state index contributed by atoms with van der Waals surface area (Å²) in [5.41, 5.74) is 0.976. The normalized spacial score (nSPS) is 13.7. The van der Waals surface area contributed by atoms with E-state index in [0.717, 1.165) is 4.90 Å². The van der Waals surface area contributed by atoms with Crippen molar-refractivity contribution in [3.05, 3.63) is 70.7 Å². The van der Waals surface area contributed by atoms with E-state index < -0.39 is 11.8 Å². The fourth-order valence-corrected chi connectivity index (χ4v) is 3.03. The van der Waals surface area contributed by atoms with Gasteiger partial charge in [0, 0.05) is 10.4 Å². The highest BCUT2D eigenvalue weighted by Crippen LogP contribution is 2.37. The van der Waals surface area contributed by atoms with Crippen molar-refractivity contribution >= 4 is 39.9 Å². The van der Waals surface area contributed by atoms with Crippen molar-refractivity contribution < 1.29 is 14.7 Å². The van der Waals surface area contributed by atoms with E-state index in [1.807, 2.05) is 0 Å². The van der Waals surface area contributed by atoms with Gasteiger partial charge in [-0.2, -0.15) is 0 Å². The van der Waals surface area contributed by atoms with Gasteiger partial charge in [-0.3, -0.25) is 9.59 Å². The number of carbonyl (C=O) groups is 2. The Morgan fingerprint density at radius 2 is 1.52 bits per heavy atom. The Balaban J connectivity index is 1.96. The minimum absolute atomic E-state index is 0.0153. The van der Waals surface area contributed by atoms with Gasteiger partial charge in [-0.15, -0.1) is 0 Å². The monoisotopic (exact) mass is 323 g/mol. The fourth-order valence-electron chi connectivity index (χ4n) is 2.90. The number of imide groups is 1.